The molecule has 8 heteroatoms. The van der Waals surface area contributed by atoms with E-state index in [-0.39, 0.29) is 17.7 Å². The Labute approximate surface area is 154 Å². The van der Waals surface area contributed by atoms with Crippen molar-refractivity contribution in [2.24, 2.45) is 5.73 Å². The molecule has 2 atom stereocenters. The van der Waals surface area contributed by atoms with Crippen LogP contribution in [0.15, 0.2) is 53.9 Å². The summed E-state index contributed by atoms with van der Waals surface area (Å²) in [5, 5.41) is 4.50. The first kappa shape index (κ1) is 17.8. The second kappa shape index (κ2) is 6.84. The standard InChI is InChI=1S/C19H19F3N4O/c20-19(21,22)27-17-7-5-16(6-8-17)26-11-24-18(25-26)14-2-1-13-10-15(23)4-3-12(13)9-14/h1,5-9,11,14-15H,2-4,10,23H2. The van der Waals surface area contributed by atoms with E-state index in [2.05, 4.69) is 27.0 Å². The van der Waals surface area contributed by atoms with Crippen LogP contribution in [0.1, 0.15) is 37.4 Å². The average molecular weight is 376 g/mol. The molecule has 142 valence electrons. The van der Waals surface area contributed by atoms with Crippen LogP contribution in [0.5, 0.6) is 5.75 Å². The molecule has 4 rings (SSSR count). The number of ether oxygens (including phenoxy) is 1. The van der Waals surface area contributed by atoms with Crippen LogP contribution in [0.2, 0.25) is 0 Å². The number of allylic oxidation sites excluding steroid dienone is 3. The normalized spacial score (nSPS) is 22.7. The van der Waals surface area contributed by atoms with Crippen LogP contribution < -0.4 is 10.5 Å². The average Bonchev–Trinajstić information content (AvgIpc) is 3.10. The fraction of sp³-hybridized carbons (Fsp3) is 0.368. The van der Waals surface area contributed by atoms with Gasteiger partial charge < -0.3 is 10.5 Å². The highest BCUT2D eigenvalue weighted by Gasteiger charge is 2.31. The number of alkyl halides is 3. The molecule has 2 aromatic rings. The maximum Gasteiger partial charge on any atom is 0.573 e. The van der Waals surface area contributed by atoms with E-state index in [1.807, 2.05) is 0 Å². The molecule has 0 bridgehead atoms. The first-order valence-corrected chi connectivity index (χ1v) is 8.81. The Morgan fingerprint density at radius 1 is 1.15 bits per heavy atom. The molecular weight excluding hydrogens is 357 g/mol. The van der Waals surface area contributed by atoms with Crippen molar-refractivity contribution in [3.05, 3.63) is 59.7 Å². The van der Waals surface area contributed by atoms with Crippen LogP contribution in [-0.4, -0.2) is 27.2 Å². The second-order valence-corrected chi connectivity index (χ2v) is 6.86. The number of nitrogens with zero attached hydrogens (tertiary/aromatic N) is 3. The lowest BCUT2D eigenvalue weighted by Gasteiger charge is -2.28. The van der Waals surface area contributed by atoms with Crippen LogP contribution in [0, 0.1) is 0 Å². The Morgan fingerprint density at radius 2 is 1.93 bits per heavy atom. The van der Waals surface area contributed by atoms with E-state index in [1.165, 1.54) is 35.4 Å². The Kier molecular flexibility index (Phi) is 4.51. The lowest BCUT2D eigenvalue weighted by molar-refractivity contribution is -0.274. The lowest BCUT2D eigenvalue weighted by atomic mass is 9.80. The van der Waals surface area contributed by atoms with Crippen LogP contribution in [0.25, 0.3) is 5.69 Å². The number of halogens is 3. The number of rotatable bonds is 3. The summed E-state index contributed by atoms with van der Waals surface area (Å²) >= 11 is 0. The molecule has 5 nitrogen and oxygen atoms in total. The molecule has 1 heterocycles. The minimum atomic E-state index is -4.70. The molecule has 1 saturated carbocycles. The molecule has 0 amide bonds. The van der Waals surface area contributed by atoms with E-state index in [4.69, 9.17) is 5.73 Å². The third-order valence-corrected chi connectivity index (χ3v) is 4.88. The molecule has 1 aromatic carbocycles. The van der Waals surface area contributed by atoms with Crippen LogP contribution in [-0.2, 0) is 0 Å². The van der Waals surface area contributed by atoms with Gasteiger partial charge in [-0.15, -0.1) is 13.2 Å². The van der Waals surface area contributed by atoms with Gasteiger partial charge in [0.2, 0.25) is 0 Å². The monoisotopic (exact) mass is 376 g/mol. The van der Waals surface area contributed by atoms with Crippen LogP contribution in [0.3, 0.4) is 0 Å². The first-order chi connectivity index (χ1) is 12.9. The number of aromatic nitrogens is 3. The van der Waals surface area contributed by atoms with Gasteiger partial charge in [0.1, 0.15) is 12.1 Å². The predicted octanol–water partition coefficient (Wildman–Crippen LogP) is 4.02. The lowest BCUT2D eigenvalue weighted by Crippen LogP contribution is -2.26. The minimum Gasteiger partial charge on any atom is -0.406 e. The SMILES string of the molecule is NC1CCC2=CC(c3ncn(-c4ccc(OC(F)(F)F)cc4)n3)CC=C2C1. The van der Waals surface area contributed by atoms with Crippen molar-refractivity contribution in [1.29, 1.82) is 0 Å². The van der Waals surface area contributed by atoms with Crippen molar-refractivity contribution in [1.82, 2.24) is 14.8 Å². The van der Waals surface area contributed by atoms with Gasteiger partial charge in [-0.3, -0.25) is 0 Å². The zero-order valence-corrected chi connectivity index (χ0v) is 14.5. The molecule has 0 spiro atoms. The molecule has 0 saturated heterocycles. The van der Waals surface area contributed by atoms with E-state index < -0.39 is 6.36 Å². The Morgan fingerprint density at radius 3 is 2.67 bits per heavy atom. The van der Waals surface area contributed by atoms with Gasteiger partial charge in [0.15, 0.2) is 5.82 Å². The van der Waals surface area contributed by atoms with E-state index in [9.17, 15) is 13.2 Å². The van der Waals surface area contributed by atoms with E-state index in [0.29, 0.717) is 11.5 Å². The molecule has 2 aliphatic carbocycles. The van der Waals surface area contributed by atoms with Crippen molar-refractivity contribution in [3.8, 4) is 11.4 Å². The minimum absolute atomic E-state index is 0.104. The topological polar surface area (TPSA) is 66.0 Å². The summed E-state index contributed by atoms with van der Waals surface area (Å²) in [6.07, 6.45) is 5.04. The maximum atomic E-state index is 12.2. The fourth-order valence-corrected chi connectivity index (χ4v) is 3.55. The largest absolute Gasteiger partial charge is 0.573 e. The molecule has 0 radical (unpaired) electrons. The van der Waals surface area contributed by atoms with Crippen LogP contribution in [0.4, 0.5) is 13.2 Å². The summed E-state index contributed by atoms with van der Waals surface area (Å²) in [5.41, 5.74) is 9.32. The molecule has 1 fully saturated rings. The number of fused-ring (bicyclic) bond motifs is 1. The predicted molar refractivity (Wildman–Crippen MR) is 93.4 cm³/mol. The summed E-state index contributed by atoms with van der Waals surface area (Å²) in [7, 11) is 0. The van der Waals surface area contributed by atoms with E-state index in [0.717, 1.165) is 25.7 Å². The Balaban J connectivity index is 1.49. The first-order valence-electron chi connectivity index (χ1n) is 8.81. The second-order valence-electron chi connectivity index (χ2n) is 6.86. The highest BCUT2D eigenvalue weighted by atomic mass is 19.4. The summed E-state index contributed by atoms with van der Waals surface area (Å²) in [5.74, 6) is 0.534. The number of benzene rings is 1. The van der Waals surface area contributed by atoms with E-state index in [1.54, 1.807) is 11.0 Å². The van der Waals surface area contributed by atoms with Gasteiger partial charge in [-0.1, -0.05) is 12.2 Å². The molecule has 2 aliphatic rings. The molecule has 2 unspecified atom stereocenters. The highest BCUT2D eigenvalue weighted by Crippen LogP contribution is 2.36. The Bertz CT molecular complexity index is 883. The number of hydrogen-bond acceptors (Lipinski definition) is 4. The number of nitrogens with two attached hydrogens (primary N) is 1. The van der Waals surface area contributed by atoms with Gasteiger partial charge in [0, 0.05) is 12.0 Å². The quantitative estimate of drug-likeness (QED) is 0.879. The zero-order chi connectivity index (χ0) is 19.0. The third-order valence-electron chi connectivity index (χ3n) is 4.88. The zero-order valence-electron chi connectivity index (χ0n) is 14.5. The van der Waals surface area contributed by atoms with E-state index >= 15 is 0 Å². The fourth-order valence-electron chi connectivity index (χ4n) is 3.55. The smallest absolute Gasteiger partial charge is 0.406 e. The van der Waals surface area contributed by atoms with Gasteiger partial charge in [0.05, 0.1) is 5.69 Å². The summed E-state index contributed by atoms with van der Waals surface area (Å²) in [6, 6.07) is 5.78. The van der Waals surface area contributed by atoms with Crippen molar-refractivity contribution in [3.63, 3.8) is 0 Å². The maximum absolute atomic E-state index is 12.2. The molecule has 2 N–H and O–H groups in total. The highest BCUT2D eigenvalue weighted by molar-refractivity contribution is 5.40. The van der Waals surface area contributed by atoms with Crippen molar-refractivity contribution in [2.75, 3.05) is 0 Å². The summed E-state index contributed by atoms with van der Waals surface area (Å²) in [6.45, 7) is 0. The van der Waals surface area contributed by atoms with Crippen molar-refractivity contribution >= 4 is 0 Å². The summed E-state index contributed by atoms with van der Waals surface area (Å²) in [4.78, 5) is 4.39. The van der Waals surface area contributed by atoms with Gasteiger partial charge in [-0.2, -0.15) is 5.10 Å². The molecule has 0 aliphatic heterocycles. The summed E-state index contributed by atoms with van der Waals surface area (Å²) < 4.78 is 42.2. The van der Waals surface area contributed by atoms with Gasteiger partial charge in [-0.25, -0.2) is 9.67 Å². The Hall–Kier alpha value is -2.61. The van der Waals surface area contributed by atoms with Gasteiger partial charge in [-0.05, 0) is 61.1 Å². The third kappa shape index (κ3) is 4.05. The molecular formula is C19H19F3N4O. The van der Waals surface area contributed by atoms with Gasteiger partial charge in [0.25, 0.3) is 0 Å². The van der Waals surface area contributed by atoms with Crippen molar-refractivity contribution < 1.29 is 17.9 Å². The molecule has 1 aromatic heterocycles. The number of hydrogen-bond donors (Lipinski definition) is 1. The van der Waals surface area contributed by atoms with Gasteiger partial charge >= 0.3 is 6.36 Å². The molecule has 27 heavy (non-hydrogen) atoms. The van der Waals surface area contributed by atoms with Crippen molar-refractivity contribution in [2.45, 2.75) is 44.0 Å². The van der Waals surface area contributed by atoms with Crippen LogP contribution >= 0.6 is 0 Å².